The number of carbonyl (C=O) groups excluding carboxylic acids is 2. The average molecular weight is 347 g/mol. The van der Waals surface area contributed by atoms with Gasteiger partial charge in [0.25, 0.3) is 0 Å². The zero-order valence-electron chi connectivity index (χ0n) is 13.2. The second-order valence-electron chi connectivity index (χ2n) is 5.82. The fourth-order valence-electron chi connectivity index (χ4n) is 2.87. The molecule has 1 aliphatic rings. The predicted octanol–water partition coefficient (Wildman–Crippen LogP) is 1.84. The van der Waals surface area contributed by atoms with Gasteiger partial charge < -0.3 is 14.8 Å². The van der Waals surface area contributed by atoms with E-state index in [4.69, 9.17) is 11.6 Å². The highest BCUT2D eigenvalue weighted by molar-refractivity contribution is 6.30. The van der Waals surface area contributed by atoms with Gasteiger partial charge in [-0.2, -0.15) is 0 Å². The van der Waals surface area contributed by atoms with E-state index in [1.54, 1.807) is 40.3 Å². The van der Waals surface area contributed by atoms with Crippen molar-refractivity contribution in [2.24, 2.45) is 0 Å². The van der Waals surface area contributed by atoms with Crippen LogP contribution in [0.1, 0.15) is 18.4 Å². The molecular weight excluding hydrogens is 328 g/mol. The summed E-state index contributed by atoms with van der Waals surface area (Å²) in [5, 5.41) is 3.57. The van der Waals surface area contributed by atoms with Crippen molar-refractivity contribution in [3.05, 3.63) is 53.6 Å². The molecule has 2 amide bonds. The Kier molecular flexibility index (Phi) is 5.15. The smallest absolute Gasteiger partial charge is 0.243 e. The molecule has 1 fully saturated rings. The molecule has 6 nitrogen and oxygen atoms in total. The fraction of sp³-hybridized carbons (Fsp3) is 0.353. The van der Waals surface area contributed by atoms with Crippen molar-refractivity contribution in [2.45, 2.75) is 32.0 Å². The van der Waals surface area contributed by atoms with E-state index in [-0.39, 0.29) is 18.4 Å². The summed E-state index contributed by atoms with van der Waals surface area (Å²) in [7, 11) is 0. The molecule has 1 aromatic carbocycles. The first kappa shape index (κ1) is 16.5. The summed E-state index contributed by atoms with van der Waals surface area (Å²) in [5.41, 5.74) is 0.974. The van der Waals surface area contributed by atoms with E-state index in [0.717, 1.165) is 12.0 Å². The lowest BCUT2D eigenvalue weighted by molar-refractivity contribution is -0.139. The van der Waals surface area contributed by atoms with Crippen LogP contribution in [-0.2, 0) is 22.7 Å². The van der Waals surface area contributed by atoms with E-state index in [0.29, 0.717) is 24.5 Å². The maximum Gasteiger partial charge on any atom is 0.243 e. The number of benzene rings is 1. The van der Waals surface area contributed by atoms with Gasteiger partial charge in [0.15, 0.2) is 0 Å². The van der Waals surface area contributed by atoms with Crippen molar-refractivity contribution in [3.63, 3.8) is 0 Å². The van der Waals surface area contributed by atoms with Crippen LogP contribution in [0, 0.1) is 0 Å². The molecule has 3 rings (SSSR count). The summed E-state index contributed by atoms with van der Waals surface area (Å²) in [5.74, 6) is -0.168. The Labute approximate surface area is 145 Å². The third kappa shape index (κ3) is 3.94. The Balaban J connectivity index is 1.56. The van der Waals surface area contributed by atoms with Gasteiger partial charge in [-0.05, 0) is 30.5 Å². The van der Waals surface area contributed by atoms with Crippen molar-refractivity contribution in [1.29, 1.82) is 0 Å². The van der Waals surface area contributed by atoms with E-state index >= 15 is 0 Å². The largest absolute Gasteiger partial charge is 0.350 e. The van der Waals surface area contributed by atoms with Crippen LogP contribution in [0.25, 0.3) is 0 Å². The van der Waals surface area contributed by atoms with Crippen molar-refractivity contribution in [1.82, 2.24) is 19.8 Å². The second kappa shape index (κ2) is 7.49. The summed E-state index contributed by atoms with van der Waals surface area (Å²) < 4.78 is 1.71. The summed E-state index contributed by atoms with van der Waals surface area (Å²) in [4.78, 5) is 30.5. The fourth-order valence-corrected chi connectivity index (χ4v) is 3.00. The van der Waals surface area contributed by atoms with Crippen molar-refractivity contribution < 1.29 is 9.59 Å². The van der Waals surface area contributed by atoms with Crippen LogP contribution in [0.4, 0.5) is 0 Å². The highest BCUT2D eigenvalue weighted by Crippen LogP contribution is 2.18. The molecule has 1 saturated heterocycles. The topological polar surface area (TPSA) is 67.2 Å². The molecular formula is C17H19ClN4O2. The van der Waals surface area contributed by atoms with Gasteiger partial charge in [0, 0.05) is 30.5 Å². The zero-order valence-corrected chi connectivity index (χ0v) is 13.9. The van der Waals surface area contributed by atoms with Crippen LogP contribution in [0.2, 0.25) is 5.02 Å². The summed E-state index contributed by atoms with van der Waals surface area (Å²) in [6, 6.07) is 6.94. The predicted molar refractivity (Wildman–Crippen MR) is 90.3 cm³/mol. The molecule has 1 atom stereocenters. The molecule has 1 aliphatic heterocycles. The number of nitrogens with zero attached hydrogens (tertiary/aromatic N) is 3. The van der Waals surface area contributed by atoms with Crippen LogP contribution < -0.4 is 5.32 Å². The van der Waals surface area contributed by atoms with E-state index in [2.05, 4.69) is 10.3 Å². The normalized spacial score (nSPS) is 17.0. The number of carbonyl (C=O) groups is 2. The maximum absolute atomic E-state index is 12.5. The van der Waals surface area contributed by atoms with Gasteiger partial charge in [0.1, 0.15) is 12.6 Å². The van der Waals surface area contributed by atoms with Gasteiger partial charge in [-0.3, -0.25) is 9.59 Å². The Hall–Kier alpha value is -2.34. The Morgan fingerprint density at radius 1 is 1.29 bits per heavy atom. The van der Waals surface area contributed by atoms with Crippen molar-refractivity contribution in [2.75, 3.05) is 6.54 Å². The molecule has 7 heteroatoms. The first-order chi connectivity index (χ1) is 11.6. The standard InChI is InChI=1S/C17H19ClN4O2/c18-14-5-3-13(4-6-14)10-20-17(24)15-2-1-8-22(15)16(23)11-21-9-7-19-12-21/h3-7,9,12,15H,1-2,8,10-11H2,(H,20,24). The lowest BCUT2D eigenvalue weighted by Gasteiger charge is -2.24. The average Bonchev–Trinajstić information content (AvgIpc) is 3.25. The molecule has 0 spiro atoms. The lowest BCUT2D eigenvalue weighted by atomic mass is 10.2. The van der Waals surface area contributed by atoms with Gasteiger partial charge >= 0.3 is 0 Å². The quantitative estimate of drug-likeness (QED) is 0.898. The Bertz CT molecular complexity index is 700. The van der Waals surface area contributed by atoms with Gasteiger partial charge in [0.05, 0.1) is 6.33 Å². The molecule has 126 valence electrons. The molecule has 2 heterocycles. The van der Waals surface area contributed by atoms with E-state index in [1.165, 1.54) is 0 Å². The summed E-state index contributed by atoms with van der Waals surface area (Å²) >= 11 is 5.85. The monoisotopic (exact) mass is 346 g/mol. The molecule has 1 unspecified atom stereocenters. The molecule has 1 aromatic heterocycles. The number of nitrogens with one attached hydrogen (secondary N) is 1. The minimum Gasteiger partial charge on any atom is -0.350 e. The van der Waals surface area contributed by atoms with Crippen molar-refractivity contribution >= 4 is 23.4 Å². The number of aromatic nitrogens is 2. The highest BCUT2D eigenvalue weighted by atomic mass is 35.5. The van der Waals surface area contributed by atoms with Crippen LogP contribution in [0.5, 0.6) is 0 Å². The van der Waals surface area contributed by atoms with Crippen LogP contribution >= 0.6 is 11.6 Å². The molecule has 0 radical (unpaired) electrons. The van der Waals surface area contributed by atoms with Gasteiger partial charge in [-0.25, -0.2) is 4.98 Å². The summed E-state index contributed by atoms with van der Waals surface area (Å²) in [6.07, 6.45) is 6.51. The number of hydrogen-bond donors (Lipinski definition) is 1. The molecule has 0 aliphatic carbocycles. The molecule has 1 N–H and O–H groups in total. The summed E-state index contributed by atoms with van der Waals surface area (Å²) in [6.45, 7) is 1.25. The number of likely N-dealkylation sites (tertiary alicyclic amines) is 1. The van der Waals surface area contributed by atoms with E-state index in [9.17, 15) is 9.59 Å². The number of hydrogen-bond acceptors (Lipinski definition) is 3. The van der Waals surface area contributed by atoms with Crippen LogP contribution in [0.15, 0.2) is 43.0 Å². The SMILES string of the molecule is O=C(NCc1ccc(Cl)cc1)C1CCCN1C(=O)Cn1ccnc1. The number of halogens is 1. The Morgan fingerprint density at radius 3 is 2.79 bits per heavy atom. The third-order valence-corrected chi connectivity index (χ3v) is 4.38. The first-order valence-electron chi connectivity index (χ1n) is 7.91. The highest BCUT2D eigenvalue weighted by Gasteiger charge is 2.33. The molecule has 24 heavy (non-hydrogen) atoms. The number of amides is 2. The van der Waals surface area contributed by atoms with Gasteiger partial charge in [0.2, 0.25) is 11.8 Å². The second-order valence-corrected chi connectivity index (χ2v) is 6.26. The first-order valence-corrected chi connectivity index (χ1v) is 8.28. The van der Waals surface area contributed by atoms with E-state index < -0.39 is 6.04 Å². The van der Waals surface area contributed by atoms with Crippen molar-refractivity contribution in [3.8, 4) is 0 Å². The van der Waals surface area contributed by atoms with Crippen LogP contribution in [0.3, 0.4) is 0 Å². The minimum absolute atomic E-state index is 0.0582. The zero-order chi connectivity index (χ0) is 16.9. The molecule has 0 bridgehead atoms. The van der Waals surface area contributed by atoms with Gasteiger partial charge in [-0.1, -0.05) is 23.7 Å². The van der Waals surface area contributed by atoms with Crippen LogP contribution in [-0.4, -0.2) is 38.9 Å². The lowest BCUT2D eigenvalue weighted by Crippen LogP contribution is -2.46. The number of imidazole rings is 1. The number of rotatable bonds is 5. The van der Waals surface area contributed by atoms with Gasteiger partial charge in [-0.15, -0.1) is 0 Å². The molecule has 2 aromatic rings. The minimum atomic E-state index is -0.395. The Morgan fingerprint density at radius 2 is 2.08 bits per heavy atom. The molecule has 0 saturated carbocycles. The third-order valence-electron chi connectivity index (χ3n) is 4.13. The van der Waals surface area contributed by atoms with E-state index in [1.807, 2.05) is 12.1 Å². The maximum atomic E-state index is 12.5.